The van der Waals surface area contributed by atoms with Crippen LogP contribution in [0.2, 0.25) is 0 Å². The fraction of sp³-hybridized carbons (Fsp3) is 0.476. The van der Waals surface area contributed by atoms with Crippen LogP contribution in [0.15, 0.2) is 24.3 Å². The smallest absolute Gasteiger partial charge is 0.410 e. The van der Waals surface area contributed by atoms with Gasteiger partial charge in [0.2, 0.25) is 0 Å². The third-order valence-electron chi connectivity index (χ3n) is 4.64. The molecule has 1 aromatic carbocycles. The molecule has 0 atom stereocenters. The molecule has 7 nitrogen and oxygen atoms in total. The molecule has 1 aliphatic heterocycles. The number of ether oxygens (including phenoxy) is 1. The number of carbonyl (C=O) groups is 2. The molecule has 0 radical (unpaired) electrons. The summed E-state index contributed by atoms with van der Waals surface area (Å²) in [5, 5.41) is 10.0. The van der Waals surface area contributed by atoms with Gasteiger partial charge in [0.15, 0.2) is 5.69 Å². The Morgan fingerprint density at radius 1 is 1.21 bits per heavy atom. The summed E-state index contributed by atoms with van der Waals surface area (Å²) in [4.78, 5) is 26.7. The number of nitrogens with zero attached hydrogens (tertiary/aromatic N) is 2. The van der Waals surface area contributed by atoms with Crippen LogP contribution in [0.3, 0.4) is 0 Å². The van der Waals surface area contributed by atoms with Gasteiger partial charge in [-0.25, -0.2) is 4.79 Å². The van der Waals surface area contributed by atoms with E-state index in [0.29, 0.717) is 36.8 Å². The maximum absolute atomic E-state index is 12.7. The first-order chi connectivity index (χ1) is 13.1. The maximum atomic E-state index is 12.7. The average molecular weight is 384 g/mol. The quantitative estimate of drug-likeness (QED) is 0.835. The zero-order valence-electron chi connectivity index (χ0n) is 17.1. The second kappa shape index (κ2) is 7.66. The summed E-state index contributed by atoms with van der Waals surface area (Å²) in [5.41, 5.74) is 3.31. The molecule has 3 rings (SSSR count). The van der Waals surface area contributed by atoms with Gasteiger partial charge in [0.05, 0.1) is 6.54 Å². The van der Waals surface area contributed by atoms with Crippen LogP contribution >= 0.6 is 0 Å². The predicted octanol–water partition coefficient (Wildman–Crippen LogP) is 4.08. The number of anilines is 1. The second-order valence-corrected chi connectivity index (χ2v) is 8.41. The van der Waals surface area contributed by atoms with Crippen LogP contribution in [0.25, 0.3) is 0 Å². The third-order valence-corrected chi connectivity index (χ3v) is 4.64. The van der Waals surface area contributed by atoms with Crippen LogP contribution in [-0.2, 0) is 17.7 Å². The lowest BCUT2D eigenvalue weighted by molar-refractivity contribution is 0.0222. The van der Waals surface area contributed by atoms with Gasteiger partial charge in [-0.2, -0.15) is 5.10 Å². The SMILES string of the molecule is CC(C)c1ccc(NC(=O)c2n[nH]c3c2CN(C(=O)OC(C)(C)C)CC3)cc1. The summed E-state index contributed by atoms with van der Waals surface area (Å²) in [6.07, 6.45) is 0.229. The van der Waals surface area contributed by atoms with Crippen LogP contribution in [0.5, 0.6) is 0 Å². The summed E-state index contributed by atoms with van der Waals surface area (Å²) in [6.45, 7) is 10.6. The highest BCUT2D eigenvalue weighted by Gasteiger charge is 2.30. The molecule has 28 heavy (non-hydrogen) atoms. The van der Waals surface area contributed by atoms with Crippen molar-refractivity contribution in [1.29, 1.82) is 0 Å². The van der Waals surface area contributed by atoms with Crippen molar-refractivity contribution in [2.45, 2.75) is 59.1 Å². The molecule has 0 aliphatic carbocycles. The van der Waals surface area contributed by atoms with Gasteiger partial charge in [0, 0.05) is 29.9 Å². The molecule has 0 fully saturated rings. The molecule has 1 aromatic heterocycles. The third kappa shape index (κ3) is 4.52. The number of aromatic amines is 1. The van der Waals surface area contributed by atoms with Crippen molar-refractivity contribution in [1.82, 2.24) is 15.1 Å². The Hall–Kier alpha value is -2.83. The maximum Gasteiger partial charge on any atom is 0.410 e. The predicted molar refractivity (Wildman–Crippen MR) is 107 cm³/mol. The number of nitrogens with one attached hydrogen (secondary N) is 2. The van der Waals surface area contributed by atoms with E-state index in [1.807, 2.05) is 45.0 Å². The highest BCUT2D eigenvalue weighted by molar-refractivity contribution is 6.04. The van der Waals surface area contributed by atoms with E-state index in [4.69, 9.17) is 4.74 Å². The monoisotopic (exact) mass is 384 g/mol. The van der Waals surface area contributed by atoms with Crippen molar-refractivity contribution in [2.24, 2.45) is 0 Å². The van der Waals surface area contributed by atoms with Gasteiger partial charge in [-0.1, -0.05) is 26.0 Å². The zero-order chi connectivity index (χ0) is 20.5. The van der Waals surface area contributed by atoms with Gasteiger partial charge in [-0.3, -0.25) is 9.89 Å². The fourth-order valence-electron chi connectivity index (χ4n) is 3.11. The lowest BCUT2D eigenvalue weighted by Crippen LogP contribution is -2.40. The zero-order valence-corrected chi connectivity index (χ0v) is 17.1. The van der Waals surface area contributed by atoms with Crippen LogP contribution in [0.4, 0.5) is 10.5 Å². The van der Waals surface area contributed by atoms with Crippen LogP contribution in [0.1, 0.15) is 67.8 Å². The molecule has 0 saturated carbocycles. The van der Waals surface area contributed by atoms with E-state index in [9.17, 15) is 9.59 Å². The number of amides is 2. The number of rotatable bonds is 3. The lowest BCUT2D eigenvalue weighted by atomic mass is 10.0. The summed E-state index contributed by atoms with van der Waals surface area (Å²) in [7, 11) is 0. The van der Waals surface area contributed by atoms with E-state index < -0.39 is 5.60 Å². The average Bonchev–Trinajstić information content (AvgIpc) is 3.04. The molecule has 2 heterocycles. The van der Waals surface area contributed by atoms with Crippen molar-refractivity contribution in [3.8, 4) is 0 Å². The Balaban J connectivity index is 1.72. The van der Waals surface area contributed by atoms with E-state index in [1.165, 1.54) is 5.56 Å². The number of hydrogen-bond donors (Lipinski definition) is 2. The van der Waals surface area contributed by atoms with Crippen molar-refractivity contribution in [3.05, 3.63) is 46.8 Å². The van der Waals surface area contributed by atoms with Crippen LogP contribution < -0.4 is 5.32 Å². The molecule has 2 aromatic rings. The van der Waals surface area contributed by atoms with E-state index in [1.54, 1.807) is 4.90 Å². The lowest BCUT2D eigenvalue weighted by Gasteiger charge is -2.30. The molecule has 2 N–H and O–H groups in total. The Morgan fingerprint density at radius 3 is 2.50 bits per heavy atom. The Labute approximate surface area is 165 Å². The van der Waals surface area contributed by atoms with Gasteiger partial charge in [-0.05, 0) is 44.4 Å². The molecule has 1 aliphatic rings. The Bertz CT molecular complexity index is 863. The number of aromatic nitrogens is 2. The summed E-state index contributed by atoms with van der Waals surface area (Å²) >= 11 is 0. The van der Waals surface area contributed by atoms with Gasteiger partial charge < -0.3 is 15.0 Å². The van der Waals surface area contributed by atoms with E-state index in [0.717, 1.165) is 11.3 Å². The summed E-state index contributed by atoms with van der Waals surface area (Å²) in [6, 6.07) is 7.79. The van der Waals surface area contributed by atoms with Crippen molar-refractivity contribution < 1.29 is 14.3 Å². The van der Waals surface area contributed by atoms with Crippen molar-refractivity contribution >= 4 is 17.7 Å². The van der Waals surface area contributed by atoms with Gasteiger partial charge in [0.1, 0.15) is 5.60 Å². The minimum absolute atomic E-state index is 0.291. The standard InChI is InChI=1S/C21H28N4O3/c1-13(2)14-6-8-15(9-7-14)22-19(26)18-16-12-25(11-10-17(16)23-24-18)20(27)28-21(3,4)5/h6-9,13H,10-12H2,1-5H3,(H,22,26)(H,23,24). The minimum atomic E-state index is -0.559. The molecule has 0 spiro atoms. The van der Waals surface area contributed by atoms with E-state index >= 15 is 0 Å². The second-order valence-electron chi connectivity index (χ2n) is 8.41. The summed E-state index contributed by atoms with van der Waals surface area (Å²) < 4.78 is 5.45. The Morgan fingerprint density at radius 2 is 1.89 bits per heavy atom. The van der Waals surface area contributed by atoms with Gasteiger partial charge in [-0.15, -0.1) is 0 Å². The minimum Gasteiger partial charge on any atom is -0.444 e. The van der Waals surface area contributed by atoms with Crippen LogP contribution in [0, 0.1) is 0 Å². The molecule has 0 bridgehead atoms. The van der Waals surface area contributed by atoms with Crippen molar-refractivity contribution in [2.75, 3.05) is 11.9 Å². The van der Waals surface area contributed by atoms with Crippen LogP contribution in [-0.4, -0.2) is 39.2 Å². The van der Waals surface area contributed by atoms with Gasteiger partial charge in [0.25, 0.3) is 5.91 Å². The molecule has 150 valence electrons. The molecule has 0 unspecified atom stereocenters. The first kappa shape index (κ1) is 19.9. The van der Waals surface area contributed by atoms with E-state index in [2.05, 4.69) is 29.4 Å². The normalized spacial score (nSPS) is 14.0. The highest BCUT2D eigenvalue weighted by atomic mass is 16.6. The first-order valence-electron chi connectivity index (χ1n) is 9.59. The van der Waals surface area contributed by atoms with Gasteiger partial charge >= 0.3 is 6.09 Å². The van der Waals surface area contributed by atoms with Crippen molar-refractivity contribution in [3.63, 3.8) is 0 Å². The largest absolute Gasteiger partial charge is 0.444 e. The molecule has 2 amide bonds. The number of hydrogen-bond acceptors (Lipinski definition) is 4. The molecule has 7 heteroatoms. The number of fused-ring (bicyclic) bond motifs is 1. The summed E-state index contributed by atoms with van der Waals surface area (Å²) in [5.74, 6) is 0.141. The topological polar surface area (TPSA) is 87.3 Å². The number of carbonyl (C=O) groups excluding carboxylic acids is 2. The number of benzene rings is 1. The molecular weight excluding hydrogens is 356 g/mol. The fourth-order valence-corrected chi connectivity index (χ4v) is 3.11. The first-order valence-corrected chi connectivity index (χ1v) is 9.59. The number of H-pyrrole nitrogens is 1. The highest BCUT2D eigenvalue weighted by Crippen LogP contribution is 2.23. The molecule has 0 saturated heterocycles. The molecular formula is C21H28N4O3. The Kier molecular flexibility index (Phi) is 5.45. The van der Waals surface area contributed by atoms with E-state index in [-0.39, 0.29) is 12.0 Å².